The van der Waals surface area contributed by atoms with Crippen LogP contribution in [0.1, 0.15) is 11.3 Å². The van der Waals surface area contributed by atoms with Crippen LogP contribution in [-0.2, 0) is 12.7 Å². The molecule has 1 aromatic carbocycles. The van der Waals surface area contributed by atoms with Gasteiger partial charge in [-0.15, -0.1) is 0 Å². The van der Waals surface area contributed by atoms with Gasteiger partial charge in [-0.2, -0.15) is 13.2 Å². The van der Waals surface area contributed by atoms with E-state index in [0.717, 1.165) is 6.20 Å². The Morgan fingerprint density at radius 2 is 2.00 bits per heavy atom. The molecular formula is C13H10F3N3O2. The van der Waals surface area contributed by atoms with Crippen LogP contribution in [0.4, 0.5) is 18.0 Å². The fourth-order valence-electron chi connectivity index (χ4n) is 1.64. The summed E-state index contributed by atoms with van der Waals surface area (Å²) in [6.45, 7) is 0.0945. The van der Waals surface area contributed by atoms with E-state index in [2.05, 4.69) is 15.3 Å². The molecule has 2 N–H and O–H groups in total. The molecule has 0 spiro atoms. The first-order valence-electron chi connectivity index (χ1n) is 5.81. The number of nitrogens with one attached hydrogen (secondary N) is 1. The molecular weight excluding hydrogens is 287 g/mol. The van der Waals surface area contributed by atoms with E-state index in [9.17, 15) is 18.0 Å². The Kier molecular flexibility index (Phi) is 4.06. The Labute approximate surface area is 117 Å². The number of halogens is 3. The summed E-state index contributed by atoms with van der Waals surface area (Å²) >= 11 is 0. The number of alkyl halides is 3. The number of hydrogen-bond donors (Lipinski definition) is 2. The minimum atomic E-state index is -4.53. The number of rotatable bonds is 3. The largest absolute Gasteiger partial charge is 0.465 e. The Bertz CT molecular complexity index is 642. The molecule has 1 aromatic heterocycles. The average Bonchev–Trinajstić information content (AvgIpc) is 2.45. The molecule has 0 saturated heterocycles. The maximum Gasteiger partial charge on any atom is 0.434 e. The van der Waals surface area contributed by atoms with Gasteiger partial charge in [-0.05, 0) is 11.6 Å². The Balaban J connectivity index is 2.22. The van der Waals surface area contributed by atoms with Crippen LogP contribution in [0, 0.1) is 0 Å². The molecule has 0 saturated carbocycles. The molecule has 0 bridgehead atoms. The van der Waals surface area contributed by atoms with E-state index in [0.29, 0.717) is 17.3 Å². The van der Waals surface area contributed by atoms with Crippen LogP contribution in [0.2, 0.25) is 0 Å². The summed E-state index contributed by atoms with van der Waals surface area (Å²) in [5.41, 5.74) is 0.438. The van der Waals surface area contributed by atoms with Crippen molar-refractivity contribution in [1.82, 2.24) is 15.3 Å². The number of benzene rings is 1. The smallest absolute Gasteiger partial charge is 0.434 e. The maximum atomic E-state index is 12.4. The summed E-state index contributed by atoms with van der Waals surface area (Å²) in [5.74, 6) is 0. The first-order chi connectivity index (χ1) is 9.86. The van der Waals surface area contributed by atoms with Crippen LogP contribution in [0.15, 0.2) is 36.7 Å². The summed E-state index contributed by atoms with van der Waals surface area (Å²) in [6, 6.07) is 6.64. The van der Waals surface area contributed by atoms with E-state index < -0.39 is 18.0 Å². The van der Waals surface area contributed by atoms with E-state index in [1.807, 2.05) is 0 Å². The van der Waals surface area contributed by atoms with E-state index in [-0.39, 0.29) is 12.2 Å². The minimum absolute atomic E-state index is 0.0945. The normalized spacial score (nSPS) is 11.2. The van der Waals surface area contributed by atoms with Gasteiger partial charge < -0.3 is 10.4 Å². The van der Waals surface area contributed by atoms with Crippen molar-refractivity contribution >= 4 is 6.09 Å². The molecule has 2 rings (SSSR count). The van der Waals surface area contributed by atoms with Crippen molar-refractivity contribution < 1.29 is 23.1 Å². The van der Waals surface area contributed by atoms with Gasteiger partial charge in [-0.3, -0.25) is 4.98 Å². The molecule has 110 valence electrons. The lowest BCUT2D eigenvalue weighted by Crippen LogP contribution is -2.19. The number of nitrogens with zero attached hydrogens (tertiary/aromatic N) is 2. The lowest BCUT2D eigenvalue weighted by atomic mass is 10.1. The predicted octanol–water partition coefficient (Wildman–Crippen LogP) is 2.93. The van der Waals surface area contributed by atoms with Gasteiger partial charge >= 0.3 is 12.3 Å². The summed E-state index contributed by atoms with van der Waals surface area (Å²) in [4.78, 5) is 17.5. The van der Waals surface area contributed by atoms with Crippen LogP contribution in [-0.4, -0.2) is 21.2 Å². The molecule has 0 aliphatic heterocycles. The quantitative estimate of drug-likeness (QED) is 0.913. The Morgan fingerprint density at radius 3 is 2.57 bits per heavy atom. The van der Waals surface area contributed by atoms with Crippen molar-refractivity contribution in [2.45, 2.75) is 12.7 Å². The Morgan fingerprint density at radius 1 is 1.24 bits per heavy atom. The van der Waals surface area contributed by atoms with Crippen LogP contribution < -0.4 is 5.32 Å². The first-order valence-corrected chi connectivity index (χ1v) is 5.81. The third-order valence-corrected chi connectivity index (χ3v) is 2.61. The van der Waals surface area contributed by atoms with Gasteiger partial charge in [0.15, 0.2) is 5.69 Å². The molecule has 0 radical (unpaired) electrons. The van der Waals surface area contributed by atoms with E-state index in [1.54, 1.807) is 24.3 Å². The number of amides is 1. The van der Waals surface area contributed by atoms with Crippen molar-refractivity contribution in [1.29, 1.82) is 0 Å². The molecule has 0 aliphatic carbocycles. The monoisotopic (exact) mass is 297 g/mol. The van der Waals surface area contributed by atoms with Crippen LogP contribution in [0.25, 0.3) is 11.3 Å². The highest BCUT2D eigenvalue weighted by Crippen LogP contribution is 2.27. The number of hydrogen-bond acceptors (Lipinski definition) is 3. The molecule has 8 heteroatoms. The summed E-state index contributed by atoms with van der Waals surface area (Å²) in [7, 11) is 0. The lowest BCUT2D eigenvalue weighted by Gasteiger charge is -2.07. The lowest BCUT2D eigenvalue weighted by molar-refractivity contribution is -0.141. The minimum Gasteiger partial charge on any atom is -0.465 e. The zero-order chi connectivity index (χ0) is 15.5. The average molecular weight is 297 g/mol. The molecule has 5 nitrogen and oxygen atoms in total. The van der Waals surface area contributed by atoms with Crippen molar-refractivity contribution in [3.63, 3.8) is 0 Å². The van der Waals surface area contributed by atoms with Gasteiger partial charge in [0.25, 0.3) is 0 Å². The SMILES string of the molecule is O=C(O)NCc1cccc(-c2cnc(C(F)(F)F)cn2)c1. The molecule has 0 unspecified atom stereocenters. The summed E-state index contributed by atoms with van der Waals surface area (Å²) in [6.07, 6.45) is -3.99. The fourth-order valence-corrected chi connectivity index (χ4v) is 1.64. The van der Waals surface area contributed by atoms with Crippen molar-refractivity contribution in [3.05, 3.63) is 47.9 Å². The van der Waals surface area contributed by atoms with E-state index >= 15 is 0 Å². The van der Waals surface area contributed by atoms with Crippen LogP contribution in [0.3, 0.4) is 0 Å². The van der Waals surface area contributed by atoms with Gasteiger partial charge in [0.1, 0.15) is 0 Å². The molecule has 21 heavy (non-hydrogen) atoms. The molecule has 2 aromatic rings. The highest BCUT2D eigenvalue weighted by atomic mass is 19.4. The maximum absolute atomic E-state index is 12.4. The van der Waals surface area contributed by atoms with Crippen molar-refractivity contribution in [3.8, 4) is 11.3 Å². The first kappa shape index (κ1) is 14.8. The van der Waals surface area contributed by atoms with Gasteiger partial charge in [0, 0.05) is 12.1 Å². The van der Waals surface area contributed by atoms with Gasteiger partial charge in [-0.1, -0.05) is 18.2 Å². The standard InChI is InChI=1S/C13H10F3N3O2/c14-13(15,16)11-7-17-10(6-18-11)9-3-1-2-8(4-9)5-19-12(20)21/h1-4,6-7,19H,5H2,(H,20,21). The van der Waals surface area contributed by atoms with E-state index in [4.69, 9.17) is 5.11 Å². The molecule has 1 heterocycles. The van der Waals surface area contributed by atoms with Crippen molar-refractivity contribution in [2.24, 2.45) is 0 Å². The van der Waals surface area contributed by atoms with Crippen LogP contribution >= 0.6 is 0 Å². The number of carbonyl (C=O) groups is 1. The molecule has 1 amide bonds. The third-order valence-electron chi connectivity index (χ3n) is 2.61. The second-order valence-electron chi connectivity index (χ2n) is 4.14. The summed E-state index contributed by atoms with van der Waals surface area (Å²) < 4.78 is 37.2. The number of carboxylic acid groups (broad SMARTS) is 1. The Hall–Kier alpha value is -2.64. The van der Waals surface area contributed by atoms with Crippen LogP contribution in [0.5, 0.6) is 0 Å². The zero-order valence-electron chi connectivity index (χ0n) is 10.6. The highest BCUT2D eigenvalue weighted by Gasteiger charge is 2.32. The molecule has 0 aliphatic rings. The third kappa shape index (κ3) is 3.91. The highest BCUT2D eigenvalue weighted by molar-refractivity contribution is 5.65. The zero-order valence-corrected chi connectivity index (χ0v) is 10.6. The molecule has 0 atom stereocenters. The van der Waals surface area contributed by atoms with Crippen molar-refractivity contribution in [2.75, 3.05) is 0 Å². The molecule has 0 fully saturated rings. The summed E-state index contributed by atoms with van der Waals surface area (Å²) in [5, 5.41) is 10.7. The fraction of sp³-hybridized carbons (Fsp3) is 0.154. The number of aromatic nitrogens is 2. The van der Waals surface area contributed by atoms with E-state index in [1.165, 1.54) is 0 Å². The van der Waals surface area contributed by atoms with Gasteiger partial charge in [0.2, 0.25) is 0 Å². The second kappa shape index (κ2) is 5.78. The second-order valence-corrected chi connectivity index (χ2v) is 4.14. The van der Waals surface area contributed by atoms with Gasteiger partial charge in [0.05, 0.1) is 18.1 Å². The van der Waals surface area contributed by atoms with Gasteiger partial charge in [-0.25, -0.2) is 9.78 Å². The topological polar surface area (TPSA) is 75.1 Å². The predicted molar refractivity (Wildman–Crippen MR) is 67.3 cm³/mol.